The number of hydrogen-bond acceptors (Lipinski definition) is 4. The second-order valence-corrected chi connectivity index (χ2v) is 2.92. The molecule has 0 saturated carbocycles. The summed E-state index contributed by atoms with van der Waals surface area (Å²) in [7, 11) is 2.88. The Morgan fingerprint density at radius 3 is 2.38 bits per heavy atom. The van der Waals surface area contributed by atoms with Gasteiger partial charge in [-0.2, -0.15) is 0 Å². The van der Waals surface area contributed by atoms with E-state index in [0.717, 1.165) is 0 Å². The van der Waals surface area contributed by atoms with Crippen molar-refractivity contribution in [1.29, 1.82) is 0 Å². The average molecular weight is 226 g/mol. The van der Waals surface area contributed by atoms with E-state index in [0.29, 0.717) is 18.1 Å². The van der Waals surface area contributed by atoms with Gasteiger partial charge in [0.2, 0.25) is 5.75 Å². The third-order valence-electron chi connectivity index (χ3n) is 2.02. The number of aromatic carboxylic acids is 1. The van der Waals surface area contributed by atoms with Crippen LogP contribution in [0.3, 0.4) is 0 Å². The Balaban J connectivity index is 3.36. The fourth-order valence-corrected chi connectivity index (χ4v) is 1.36. The highest BCUT2D eigenvalue weighted by atomic mass is 16.5. The lowest BCUT2D eigenvalue weighted by Gasteiger charge is -2.14. The molecule has 1 aromatic rings. The van der Waals surface area contributed by atoms with Crippen LogP contribution in [0.5, 0.6) is 17.2 Å². The van der Waals surface area contributed by atoms with E-state index < -0.39 is 5.97 Å². The molecule has 5 heteroatoms. The molecule has 0 aliphatic heterocycles. The summed E-state index contributed by atoms with van der Waals surface area (Å²) < 4.78 is 15.5. The molecule has 0 heterocycles. The smallest absolute Gasteiger partial charge is 0.339 e. The number of rotatable bonds is 5. The molecule has 0 aromatic heterocycles. The predicted octanol–water partition coefficient (Wildman–Crippen LogP) is 1.80. The lowest BCUT2D eigenvalue weighted by molar-refractivity contribution is 0.0692. The number of carboxylic acids is 1. The number of hydrogen-bond donors (Lipinski definition) is 1. The zero-order chi connectivity index (χ0) is 12.1. The van der Waals surface area contributed by atoms with Gasteiger partial charge in [-0.15, -0.1) is 0 Å². The molecule has 88 valence electrons. The molecule has 0 bridgehead atoms. The lowest BCUT2D eigenvalue weighted by atomic mass is 10.1. The summed E-state index contributed by atoms with van der Waals surface area (Å²) in [5, 5.41) is 8.98. The van der Waals surface area contributed by atoms with Crippen molar-refractivity contribution in [2.45, 2.75) is 6.92 Å². The first kappa shape index (κ1) is 12.2. The molecule has 16 heavy (non-hydrogen) atoms. The summed E-state index contributed by atoms with van der Waals surface area (Å²) in [5.41, 5.74) is 0.0479. The van der Waals surface area contributed by atoms with Crippen LogP contribution in [0.1, 0.15) is 17.3 Å². The summed E-state index contributed by atoms with van der Waals surface area (Å²) in [6.45, 7) is 2.20. The van der Waals surface area contributed by atoms with E-state index in [1.807, 2.05) is 0 Å². The van der Waals surface area contributed by atoms with Gasteiger partial charge in [-0.25, -0.2) is 4.79 Å². The number of ether oxygens (including phenoxy) is 3. The van der Waals surface area contributed by atoms with Crippen LogP contribution in [0.2, 0.25) is 0 Å². The maximum absolute atomic E-state index is 11.0. The van der Waals surface area contributed by atoms with Gasteiger partial charge in [-0.3, -0.25) is 0 Å². The van der Waals surface area contributed by atoms with Gasteiger partial charge in [0, 0.05) is 0 Å². The Morgan fingerprint density at radius 2 is 1.94 bits per heavy atom. The van der Waals surface area contributed by atoms with Crippen LogP contribution >= 0.6 is 0 Å². The normalized spacial score (nSPS) is 9.69. The summed E-state index contributed by atoms with van der Waals surface area (Å²) in [4.78, 5) is 11.0. The quantitative estimate of drug-likeness (QED) is 0.829. The van der Waals surface area contributed by atoms with Crippen molar-refractivity contribution in [1.82, 2.24) is 0 Å². The van der Waals surface area contributed by atoms with E-state index in [4.69, 9.17) is 19.3 Å². The van der Waals surface area contributed by atoms with Crippen LogP contribution in [-0.4, -0.2) is 31.9 Å². The minimum Gasteiger partial charge on any atom is -0.493 e. The van der Waals surface area contributed by atoms with Gasteiger partial charge >= 0.3 is 5.97 Å². The van der Waals surface area contributed by atoms with Crippen molar-refractivity contribution in [3.63, 3.8) is 0 Å². The maximum atomic E-state index is 11.0. The van der Waals surface area contributed by atoms with Crippen molar-refractivity contribution in [2.75, 3.05) is 20.8 Å². The van der Waals surface area contributed by atoms with E-state index in [2.05, 4.69) is 0 Å². The molecular formula is C11H14O5. The fourth-order valence-electron chi connectivity index (χ4n) is 1.36. The Labute approximate surface area is 93.6 Å². The topological polar surface area (TPSA) is 65.0 Å². The molecule has 1 N–H and O–H groups in total. The Bertz CT molecular complexity index is 386. The van der Waals surface area contributed by atoms with Crippen LogP contribution in [0.25, 0.3) is 0 Å². The standard InChI is InChI=1S/C11H14O5/c1-4-16-10-8(14-2)6-5-7(11(12)13)9(10)15-3/h5-6H,4H2,1-3H3,(H,12,13). The van der Waals surface area contributed by atoms with Crippen LogP contribution in [0.4, 0.5) is 0 Å². The van der Waals surface area contributed by atoms with Gasteiger partial charge in [-0.1, -0.05) is 0 Å². The number of methoxy groups -OCH3 is 2. The van der Waals surface area contributed by atoms with E-state index in [-0.39, 0.29) is 11.3 Å². The molecule has 5 nitrogen and oxygen atoms in total. The number of carbonyl (C=O) groups is 1. The first-order valence-electron chi connectivity index (χ1n) is 4.76. The van der Waals surface area contributed by atoms with Crippen molar-refractivity contribution in [2.24, 2.45) is 0 Å². The minimum atomic E-state index is -1.07. The van der Waals surface area contributed by atoms with Gasteiger partial charge in [-0.05, 0) is 19.1 Å². The summed E-state index contributed by atoms with van der Waals surface area (Å²) >= 11 is 0. The molecule has 1 aromatic carbocycles. The molecule has 0 spiro atoms. The third-order valence-corrected chi connectivity index (χ3v) is 2.02. The second-order valence-electron chi connectivity index (χ2n) is 2.92. The molecule has 0 atom stereocenters. The van der Waals surface area contributed by atoms with E-state index in [1.54, 1.807) is 6.92 Å². The van der Waals surface area contributed by atoms with Crippen molar-refractivity contribution in [3.05, 3.63) is 17.7 Å². The Morgan fingerprint density at radius 1 is 1.25 bits per heavy atom. The first-order chi connectivity index (χ1) is 7.65. The molecule has 0 saturated heterocycles. The molecule has 0 amide bonds. The highest BCUT2D eigenvalue weighted by Crippen LogP contribution is 2.39. The lowest BCUT2D eigenvalue weighted by Crippen LogP contribution is -2.05. The van der Waals surface area contributed by atoms with Crippen molar-refractivity contribution >= 4 is 5.97 Å². The van der Waals surface area contributed by atoms with E-state index in [9.17, 15) is 4.79 Å². The minimum absolute atomic E-state index is 0.0479. The van der Waals surface area contributed by atoms with Gasteiger partial charge in [0.1, 0.15) is 5.56 Å². The summed E-state index contributed by atoms with van der Waals surface area (Å²) in [6, 6.07) is 2.96. The van der Waals surface area contributed by atoms with Crippen LogP contribution < -0.4 is 14.2 Å². The fraction of sp³-hybridized carbons (Fsp3) is 0.364. The molecule has 1 rings (SSSR count). The Hall–Kier alpha value is -1.91. The monoisotopic (exact) mass is 226 g/mol. The van der Waals surface area contributed by atoms with Crippen molar-refractivity contribution in [3.8, 4) is 17.2 Å². The largest absolute Gasteiger partial charge is 0.493 e. The Kier molecular flexibility index (Phi) is 3.99. The highest BCUT2D eigenvalue weighted by molar-refractivity contribution is 5.92. The van der Waals surface area contributed by atoms with E-state index in [1.165, 1.54) is 26.4 Å². The van der Waals surface area contributed by atoms with Crippen LogP contribution in [-0.2, 0) is 0 Å². The van der Waals surface area contributed by atoms with Crippen LogP contribution in [0, 0.1) is 0 Å². The number of carboxylic acid groups (broad SMARTS) is 1. The third kappa shape index (κ3) is 2.18. The predicted molar refractivity (Wildman–Crippen MR) is 57.7 cm³/mol. The zero-order valence-electron chi connectivity index (χ0n) is 9.44. The molecule has 0 unspecified atom stereocenters. The molecule has 0 radical (unpaired) electrons. The van der Waals surface area contributed by atoms with E-state index >= 15 is 0 Å². The van der Waals surface area contributed by atoms with Gasteiger partial charge < -0.3 is 19.3 Å². The molecule has 0 aliphatic carbocycles. The summed E-state index contributed by atoms with van der Waals surface area (Å²) in [5.74, 6) is -0.134. The van der Waals surface area contributed by atoms with Gasteiger partial charge in [0.15, 0.2) is 11.5 Å². The van der Waals surface area contributed by atoms with Crippen LogP contribution in [0.15, 0.2) is 12.1 Å². The molecule has 0 fully saturated rings. The first-order valence-corrected chi connectivity index (χ1v) is 4.76. The molecular weight excluding hydrogens is 212 g/mol. The zero-order valence-corrected chi connectivity index (χ0v) is 9.44. The van der Waals surface area contributed by atoms with Gasteiger partial charge in [0.25, 0.3) is 0 Å². The average Bonchev–Trinajstić information content (AvgIpc) is 2.28. The van der Waals surface area contributed by atoms with Gasteiger partial charge in [0.05, 0.1) is 20.8 Å². The van der Waals surface area contributed by atoms with Crippen molar-refractivity contribution < 1.29 is 24.1 Å². The SMILES string of the molecule is CCOc1c(OC)ccc(C(=O)O)c1OC. The summed E-state index contributed by atoms with van der Waals surface area (Å²) in [6.07, 6.45) is 0. The second kappa shape index (κ2) is 5.25. The number of benzene rings is 1. The highest BCUT2D eigenvalue weighted by Gasteiger charge is 2.20. The maximum Gasteiger partial charge on any atom is 0.339 e. The molecule has 0 aliphatic rings.